The van der Waals surface area contributed by atoms with Crippen LogP contribution in [0.15, 0.2) is 24.3 Å². The topological polar surface area (TPSA) is 32.9 Å². The maximum Gasteiger partial charge on any atom is 0 e. The quantitative estimate of drug-likeness (QED) is 0.605. The number of aromatic nitrogens is 1. The van der Waals surface area contributed by atoms with Gasteiger partial charge in [0, 0.05) is 32.7 Å². The average Bonchev–Trinajstić information content (AvgIpc) is 2.46. The predicted molar refractivity (Wildman–Crippen MR) is 46.8 cm³/mol. The van der Waals surface area contributed by atoms with Gasteiger partial charge >= 0.3 is 0 Å². The normalized spacial score (nSPS) is 9.54. The molecule has 0 aliphatic rings. The molecule has 0 aliphatic heterocycles. The van der Waals surface area contributed by atoms with Crippen LogP contribution in [0.1, 0.15) is 10.5 Å². The summed E-state index contributed by atoms with van der Waals surface area (Å²) < 4.78 is 0. The Morgan fingerprint density at radius 3 is 2.69 bits per heavy atom. The van der Waals surface area contributed by atoms with E-state index in [0.717, 1.165) is 10.9 Å². The van der Waals surface area contributed by atoms with Gasteiger partial charge in [-0.25, -0.2) is 13.0 Å². The number of hydrogen-bond donors (Lipinski definition) is 1. The van der Waals surface area contributed by atoms with E-state index in [2.05, 4.69) is 18.0 Å². The van der Waals surface area contributed by atoms with Crippen molar-refractivity contribution in [3.8, 4) is 0 Å². The molecule has 0 amide bonds. The van der Waals surface area contributed by atoms with Crippen molar-refractivity contribution < 1.29 is 37.5 Å². The summed E-state index contributed by atoms with van der Waals surface area (Å²) in [4.78, 5) is 13.8. The van der Waals surface area contributed by atoms with Crippen molar-refractivity contribution in [2.75, 3.05) is 0 Å². The summed E-state index contributed by atoms with van der Waals surface area (Å²) in [6.07, 6.45) is 0. The zero-order valence-corrected chi connectivity index (χ0v) is 9.84. The Balaban J connectivity index is 0.000000845. The molecule has 2 nitrogen and oxygen atoms in total. The summed E-state index contributed by atoms with van der Waals surface area (Å²) in [5.41, 5.74) is 1.36. The number of Topliss-reactive ketones (excluding diaryl/α,β-unsaturated/α-hetero) is 1. The number of H-pyrrole nitrogens is 1. The summed E-state index contributed by atoms with van der Waals surface area (Å²) in [5.74, 6) is -0.230. The second-order valence-corrected chi connectivity index (χ2v) is 2.59. The fourth-order valence-electron chi connectivity index (χ4n) is 1.14. The van der Waals surface area contributed by atoms with Crippen LogP contribution < -0.4 is 0 Å². The number of para-hydroxylation sites is 1. The van der Waals surface area contributed by atoms with E-state index in [0.29, 0.717) is 5.69 Å². The molecule has 1 radical (unpaired) electrons. The van der Waals surface area contributed by atoms with Gasteiger partial charge in [0.05, 0.1) is 0 Å². The van der Waals surface area contributed by atoms with Gasteiger partial charge in [-0.1, -0.05) is 17.6 Å². The molecule has 3 heteroatoms. The average molecular weight is 246 g/mol. The summed E-state index contributed by atoms with van der Waals surface area (Å²) >= 11 is 0. The van der Waals surface area contributed by atoms with Crippen molar-refractivity contribution >= 4 is 16.7 Å². The number of nitrogens with one attached hydrogen (secondary N) is 1. The van der Waals surface area contributed by atoms with Crippen molar-refractivity contribution in [2.45, 2.75) is 0 Å². The SMILES string of the molecule is [CH2-]C(=O)c1[c-]c2ccccc2[nH]1.[Y]. The smallest absolute Gasteiger partial charge is 0 e. The molecule has 1 aromatic carbocycles. The summed E-state index contributed by atoms with van der Waals surface area (Å²) in [5, 5.41) is 0.921. The molecule has 2 aromatic rings. The molecule has 1 N–H and O–H groups in total. The Bertz CT molecular complexity index is 400. The van der Waals surface area contributed by atoms with Gasteiger partial charge in [-0.05, 0) is 5.78 Å². The molecular weight excluding hydrogens is 239 g/mol. The number of rotatable bonds is 1. The van der Waals surface area contributed by atoms with Crippen molar-refractivity contribution in [1.29, 1.82) is 0 Å². The van der Waals surface area contributed by atoms with E-state index in [1.165, 1.54) is 0 Å². The number of ketones is 1. The van der Waals surface area contributed by atoms with Gasteiger partial charge in [0.2, 0.25) is 0 Å². The Hall–Kier alpha value is -0.596. The second kappa shape index (κ2) is 4.08. The maximum absolute atomic E-state index is 10.8. The van der Waals surface area contributed by atoms with Crippen LogP contribution in [0, 0.1) is 13.0 Å². The predicted octanol–water partition coefficient (Wildman–Crippen LogP) is 1.98. The molecule has 2 rings (SSSR count). The zero-order chi connectivity index (χ0) is 8.55. The van der Waals surface area contributed by atoms with E-state index in [1.54, 1.807) is 0 Å². The number of carbonyl (C=O) groups excluding carboxylic acids is 1. The first-order valence-corrected chi connectivity index (χ1v) is 3.64. The fourth-order valence-corrected chi connectivity index (χ4v) is 1.14. The molecule has 0 atom stereocenters. The van der Waals surface area contributed by atoms with E-state index in [4.69, 9.17) is 0 Å². The molecule has 0 saturated carbocycles. The molecule has 63 valence electrons. The third-order valence-electron chi connectivity index (χ3n) is 1.73. The molecule has 0 unspecified atom stereocenters. The first-order valence-electron chi connectivity index (χ1n) is 3.64. The summed E-state index contributed by atoms with van der Waals surface area (Å²) in [6, 6.07) is 10.5. The molecule has 0 saturated heterocycles. The minimum absolute atomic E-state index is 0. The first kappa shape index (κ1) is 10.5. The third kappa shape index (κ3) is 2.01. The van der Waals surface area contributed by atoms with Gasteiger partial charge in [0.15, 0.2) is 0 Å². The number of carbonyl (C=O) groups is 1. The zero-order valence-electron chi connectivity index (χ0n) is 7.00. The van der Waals surface area contributed by atoms with Crippen molar-refractivity contribution in [3.05, 3.63) is 42.9 Å². The fraction of sp³-hybridized carbons (Fsp3) is 0. The Labute approximate surface area is 102 Å². The summed E-state index contributed by atoms with van der Waals surface area (Å²) in [6.45, 7) is 3.30. The van der Waals surface area contributed by atoms with Crippen molar-refractivity contribution in [3.63, 3.8) is 0 Å². The van der Waals surface area contributed by atoms with Gasteiger partial charge in [-0.2, -0.15) is 5.69 Å². The van der Waals surface area contributed by atoms with E-state index >= 15 is 0 Å². The standard InChI is InChI=1S/C10H7NO.Y/c1-7(12)10-6-8-4-2-3-5-9(8)11-10;/h2-5,11H,1H2;/q-2;. The maximum atomic E-state index is 10.8. The number of benzene rings is 1. The van der Waals surface area contributed by atoms with Gasteiger partial charge in [-0.3, -0.25) is 0 Å². The van der Waals surface area contributed by atoms with Gasteiger partial charge in [-0.15, -0.1) is 17.5 Å². The molecular formula is C10H7NOY-2. The number of hydrogen-bond acceptors (Lipinski definition) is 1. The van der Waals surface area contributed by atoms with Crippen molar-refractivity contribution in [2.24, 2.45) is 0 Å². The second-order valence-electron chi connectivity index (χ2n) is 2.59. The summed E-state index contributed by atoms with van der Waals surface area (Å²) in [7, 11) is 0. The van der Waals surface area contributed by atoms with E-state index in [-0.39, 0.29) is 38.5 Å². The van der Waals surface area contributed by atoms with Crippen LogP contribution in [0.5, 0.6) is 0 Å². The molecule has 13 heavy (non-hydrogen) atoms. The van der Waals surface area contributed by atoms with Gasteiger partial charge in [0.25, 0.3) is 0 Å². The van der Waals surface area contributed by atoms with Gasteiger partial charge in [0.1, 0.15) is 0 Å². The third-order valence-corrected chi connectivity index (χ3v) is 1.73. The number of aromatic amines is 1. The van der Waals surface area contributed by atoms with E-state index < -0.39 is 0 Å². The van der Waals surface area contributed by atoms with Crippen LogP contribution in [0.3, 0.4) is 0 Å². The first-order chi connectivity index (χ1) is 5.77. The van der Waals surface area contributed by atoms with Crippen LogP contribution >= 0.6 is 0 Å². The largest absolute Gasteiger partial charge is 0.487 e. The van der Waals surface area contributed by atoms with Gasteiger partial charge < -0.3 is 9.78 Å². The Morgan fingerprint density at radius 2 is 2.08 bits per heavy atom. The van der Waals surface area contributed by atoms with Crippen LogP contribution in [0.4, 0.5) is 0 Å². The minimum Gasteiger partial charge on any atom is -0.487 e. The van der Waals surface area contributed by atoms with Crippen molar-refractivity contribution in [1.82, 2.24) is 4.98 Å². The number of fused-ring (bicyclic) bond motifs is 1. The van der Waals surface area contributed by atoms with E-state index in [1.807, 2.05) is 24.3 Å². The van der Waals surface area contributed by atoms with Crippen LogP contribution in [-0.2, 0) is 32.7 Å². The molecule has 0 fully saturated rings. The Kier molecular flexibility index (Phi) is 3.29. The monoisotopic (exact) mass is 246 g/mol. The van der Waals surface area contributed by atoms with Crippen LogP contribution in [0.25, 0.3) is 10.9 Å². The molecule has 0 aliphatic carbocycles. The van der Waals surface area contributed by atoms with Crippen LogP contribution in [-0.4, -0.2) is 10.8 Å². The minimum atomic E-state index is -0.230. The van der Waals surface area contributed by atoms with E-state index in [9.17, 15) is 4.79 Å². The molecule has 1 heterocycles. The Morgan fingerprint density at radius 1 is 1.38 bits per heavy atom. The molecule has 0 bridgehead atoms. The molecule has 1 aromatic heterocycles. The van der Waals surface area contributed by atoms with Crippen LogP contribution in [0.2, 0.25) is 0 Å². The molecule has 0 spiro atoms.